The fourth-order valence-electron chi connectivity index (χ4n) is 1.66. The highest BCUT2D eigenvalue weighted by Crippen LogP contribution is 2.18. The summed E-state index contributed by atoms with van der Waals surface area (Å²) in [5.74, 6) is -1.57. The molecule has 2 nitrogen and oxygen atoms in total. The highest BCUT2D eigenvalue weighted by molar-refractivity contribution is 5.89. The molecule has 4 heteroatoms. The number of rotatable bonds is 5. The lowest BCUT2D eigenvalue weighted by Crippen LogP contribution is -2.47. The van der Waals surface area contributed by atoms with Crippen LogP contribution in [-0.4, -0.2) is 11.3 Å². The first-order valence-electron chi connectivity index (χ1n) is 5.69. The molecule has 0 atom stereocenters. The van der Waals surface area contributed by atoms with E-state index in [1.807, 2.05) is 13.8 Å². The Bertz CT molecular complexity index is 414. The number of nitrogens with two attached hydrogens (primary N) is 1. The Hall–Kier alpha value is -1.29. The molecule has 0 unspecified atom stereocenters. The highest BCUT2D eigenvalue weighted by atomic mass is 19.1. The Labute approximate surface area is 99.8 Å². The zero-order valence-electron chi connectivity index (χ0n) is 10.1. The van der Waals surface area contributed by atoms with Gasteiger partial charge < -0.3 is 5.73 Å². The fourth-order valence-corrected chi connectivity index (χ4v) is 1.66. The Balaban J connectivity index is 2.88. The van der Waals surface area contributed by atoms with Gasteiger partial charge in [0, 0.05) is 12.5 Å². The number of carbonyl (C=O) groups excluding carboxylic acids is 1. The van der Waals surface area contributed by atoms with Crippen molar-refractivity contribution < 1.29 is 13.6 Å². The van der Waals surface area contributed by atoms with Gasteiger partial charge in [-0.05, 0) is 24.5 Å². The van der Waals surface area contributed by atoms with Crippen molar-refractivity contribution in [2.75, 3.05) is 0 Å². The molecule has 0 amide bonds. The van der Waals surface area contributed by atoms with Gasteiger partial charge in [-0.25, -0.2) is 8.78 Å². The molecule has 0 heterocycles. The monoisotopic (exact) mass is 241 g/mol. The molecular formula is C13H17F2NO. The number of benzene rings is 1. The van der Waals surface area contributed by atoms with Crippen molar-refractivity contribution >= 4 is 5.78 Å². The van der Waals surface area contributed by atoms with E-state index in [4.69, 9.17) is 5.73 Å². The summed E-state index contributed by atoms with van der Waals surface area (Å²) in [6, 6.07) is 3.20. The van der Waals surface area contributed by atoms with Crippen LogP contribution in [-0.2, 0) is 11.2 Å². The molecule has 2 N–H and O–H groups in total. The second-order valence-corrected chi connectivity index (χ2v) is 4.20. The largest absolute Gasteiger partial charge is 0.319 e. The van der Waals surface area contributed by atoms with E-state index in [1.165, 1.54) is 6.07 Å². The normalized spacial score (nSPS) is 11.6. The minimum atomic E-state index is -0.916. The van der Waals surface area contributed by atoms with Crippen molar-refractivity contribution in [1.29, 1.82) is 0 Å². The highest BCUT2D eigenvalue weighted by Gasteiger charge is 2.29. The Kier molecular flexibility index (Phi) is 4.34. The molecule has 0 aliphatic heterocycles. The predicted octanol–water partition coefficient (Wildman–Crippen LogP) is 2.59. The van der Waals surface area contributed by atoms with E-state index in [0.717, 1.165) is 12.1 Å². The molecule has 0 spiro atoms. The number of halogens is 2. The zero-order valence-corrected chi connectivity index (χ0v) is 10.1. The average Bonchev–Trinajstić information content (AvgIpc) is 2.31. The summed E-state index contributed by atoms with van der Waals surface area (Å²) in [6.45, 7) is 3.64. The molecule has 0 bridgehead atoms. The Morgan fingerprint density at radius 1 is 1.29 bits per heavy atom. The lowest BCUT2D eigenvalue weighted by molar-refractivity contribution is -0.123. The summed E-state index contributed by atoms with van der Waals surface area (Å²) in [7, 11) is 0. The first-order valence-corrected chi connectivity index (χ1v) is 5.69. The molecule has 0 saturated carbocycles. The van der Waals surface area contributed by atoms with Gasteiger partial charge in [-0.1, -0.05) is 19.9 Å². The average molecular weight is 241 g/mol. The van der Waals surface area contributed by atoms with Gasteiger partial charge in [-0.3, -0.25) is 4.79 Å². The standard InChI is InChI=1S/C13H17F2NO/c1-3-13(16,4-2)12(17)7-9-5-6-10(14)8-11(9)15/h5-6,8H,3-4,7,16H2,1-2H3. The third-order valence-corrected chi connectivity index (χ3v) is 3.18. The van der Waals surface area contributed by atoms with Crippen LogP contribution in [0.2, 0.25) is 0 Å². The molecule has 0 saturated heterocycles. The topological polar surface area (TPSA) is 43.1 Å². The summed E-state index contributed by atoms with van der Waals surface area (Å²) in [4.78, 5) is 11.9. The van der Waals surface area contributed by atoms with Crippen molar-refractivity contribution in [3.63, 3.8) is 0 Å². The molecule has 0 fully saturated rings. The lowest BCUT2D eigenvalue weighted by atomic mass is 9.86. The number of ketones is 1. The van der Waals surface area contributed by atoms with Crippen molar-refractivity contribution in [1.82, 2.24) is 0 Å². The Morgan fingerprint density at radius 3 is 2.35 bits per heavy atom. The van der Waals surface area contributed by atoms with E-state index in [0.29, 0.717) is 12.8 Å². The molecule has 0 radical (unpaired) electrons. The second kappa shape index (κ2) is 5.36. The summed E-state index contributed by atoms with van der Waals surface area (Å²) in [5.41, 5.74) is 5.19. The van der Waals surface area contributed by atoms with E-state index < -0.39 is 17.2 Å². The zero-order chi connectivity index (χ0) is 13.1. The number of Topliss-reactive ketones (excluding diaryl/α,β-unsaturated/α-hetero) is 1. The van der Waals surface area contributed by atoms with E-state index in [-0.39, 0.29) is 17.8 Å². The Morgan fingerprint density at radius 2 is 1.88 bits per heavy atom. The van der Waals surface area contributed by atoms with Gasteiger partial charge in [-0.2, -0.15) is 0 Å². The number of hydrogen-bond donors (Lipinski definition) is 1. The van der Waals surface area contributed by atoms with Crippen LogP contribution in [0.3, 0.4) is 0 Å². The smallest absolute Gasteiger partial charge is 0.157 e. The summed E-state index contributed by atoms with van der Waals surface area (Å²) >= 11 is 0. The minimum Gasteiger partial charge on any atom is -0.319 e. The molecule has 0 aromatic heterocycles. The van der Waals surface area contributed by atoms with Crippen molar-refractivity contribution in [2.24, 2.45) is 5.73 Å². The molecule has 1 aromatic rings. The van der Waals surface area contributed by atoms with Gasteiger partial charge in [0.05, 0.1) is 5.54 Å². The van der Waals surface area contributed by atoms with Crippen LogP contribution < -0.4 is 5.73 Å². The van der Waals surface area contributed by atoms with Crippen LogP contribution in [0.15, 0.2) is 18.2 Å². The molecule has 0 aliphatic rings. The lowest BCUT2D eigenvalue weighted by Gasteiger charge is -2.24. The van der Waals surface area contributed by atoms with Crippen LogP contribution in [0, 0.1) is 11.6 Å². The van der Waals surface area contributed by atoms with Crippen LogP contribution in [0.1, 0.15) is 32.3 Å². The van der Waals surface area contributed by atoms with Crippen molar-refractivity contribution in [3.05, 3.63) is 35.4 Å². The number of carbonyl (C=O) groups is 1. The summed E-state index contributed by atoms with van der Waals surface area (Å²) < 4.78 is 26.1. The maximum atomic E-state index is 13.4. The van der Waals surface area contributed by atoms with E-state index >= 15 is 0 Å². The number of hydrogen-bond acceptors (Lipinski definition) is 2. The predicted molar refractivity (Wildman–Crippen MR) is 62.6 cm³/mol. The van der Waals surface area contributed by atoms with Gasteiger partial charge in [0.2, 0.25) is 0 Å². The van der Waals surface area contributed by atoms with Crippen LogP contribution >= 0.6 is 0 Å². The van der Waals surface area contributed by atoms with Gasteiger partial charge in [0.1, 0.15) is 11.6 Å². The van der Waals surface area contributed by atoms with Crippen molar-refractivity contribution in [3.8, 4) is 0 Å². The fraction of sp³-hybridized carbons (Fsp3) is 0.462. The molecule has 1 aromatic carbocycles. The quantitative estimate of drug-likeness (QED) is 0.861. The van der Waals surface area contributed by atoms with E-state index in [2.05, 4.69) is 0 Å². The van der Waals surface area contributed by atoms with Gasteiger partial charge in [0.25, 0.3) is 0 Å². The molecule has 1 rings (SSSR count). The minimum absolute atomic E-state index is 0.0930. The third kappa shape index (κ3) is 3.09. The van der Waals surface area contributed by atoms with Gasteiger partial charge in [-0.15, -0.1) is 0 Å². The summed E-state index contributed by atoms with van der Waals surface area (Å²) in [6.07, 6.45) is 0.917. The SMILES string of the molecule is CCC(N)(CC)C(=O)Cc1ccc(F)cc1F. The molecule has 94 valence electrons. The van der Waals surface area contributed by atoms with Crippen LogP contribution in [0.5, 0.6) is 0 Å². The maximum absolute atomic E-state index is 13.4. The van der Waals surface area contributed by atoms with E-state index in [1.54, 1.807) is 0 Å². The molecule has 0 aliphatic carbocycles. The van der Waals surface area contributed by atoms with E-state index in [9.17, 15) is 13.6 Å². The maximum Gasteiger partial charge on any atom is 0.157 e. The van der Waals surface area contributed by atoms with Gasteiger partial charge >= 0.3 is 0 Å². The third-order valence-electron chi connectivity index (χ3n) is 3.18. The van der Waals surface area contributed by atoms with Crippen LogP contribution in [0.4, 0.5) is 8.78 Å². The molecular weight excluding hydrogens is 224 g/mol. The summed E-state index contributed by atoms with van der Waals surface area (Å²) in [5, 5.41) is 0. The van der Waals surface area contributed by atoms with Crippen molar-refractivity contribution in [2.45, 2.75) is 38.6 Å². The first-order chi connectivity index (χ1) is 7.92. The van der Waals surface area contributed by atoms with Gasteiger partial charge in [0.15, 0.2) is 5.78 Å². The second-order valence-electron chi connectivity index (χ2n) is 4.20. The first kappa shape index (κ1) is 13.8. The molecule has 17 heavy (non-hydrogen) atoms. The van der Waals surface area contributed by atoms with Crippen LogP contribution in [0.25, 0.3) is 0 Å².